The predicted octanol–water partition coefficient (Wildman–Crippen LogP) is 2.18. The smallest absolute Gasteiger partial charge is 0.115 e. The predicted molar refractivity (Wildman–Crippen MR) is 63.1 cm³/mol. The first-order chi connectivity index (χ1) is 7.68. The molecule has 0 heterocycles. The number of aromatic hydroxyl groups is 1. The minimum absolute atomic E-state index is 0.114. The Bertz CT molecular complexity index is 346. The molecule has 88 valence electrons. The zero-order valence-corrected chi connectivity index (χ0v) is 9.48. The lowest BCUT2D eigenvalue weighted by atomic mass is 10.0. The molecule has 0 atom stereocenters. The van der Waals surface area contributed by atoms with Gasteiger partial charge in [0.25, 0.3) is 0 Å². The second-order valence-electron chi connectivity index (χ2n) is 4.73. The summed E-state index contributed by atoms with van der Waals surface area (Å²) in [6.07, 6.45) is 4.55. The fraction of sp³-hybridized carbons (Fsp3) is 0.538. The van der Waals surface area contributed by atoms with Gasteiger partial charge in [-0.1, -0.05) is 25.0 Å². The summed E-state index contributed by atoms with van der Waals surface area (Å²) < 4.78 is 5.63. The quantitative estimate of drug-likeness (QED) is 0.819. The summed E-state index contributed by atoms with van der Waals surface area (Å²) in [5.74, 6) is 0.282. The number of hydrogen-bond donors (Lipinski definition) is 2. The Labute approximate surface area is 96.2 Å². The van der Waals surface area contributed by atoms with Crippen molar-refractivity contribution in [3.63, 3.8) is 0 Å². The normalized spacial score (nSPS) is 18.8. The van der Waals surface area contributed by atoms with Crippen molar-refractivity contribution in [3.05, 3.63) is 29.8 Å². The van der Waals surface area contributed by atoms with Crippen LogP contribution in [0.2, 0.25) is 0 Å². The maximum atomic E-state index is 9.29. The maximum Gasteiger partial charge on any atom is 0.115 e. The summed E-state index contributed by atoms with van der Waals surface area (Å²) in [5, 5.41) is 9.29. The standard InChI is InChI=1S/C13H19NO2/c14-13(6-1-2-7-13)10-16-9-11-4-3-5-12(15)8-11/h3-5,8,15H,1-2,6-7,9-10,14H2. The first-order valence-electron chi connectivity index (χ1n) is 5.83. The topological polar surface area (TPSA) is 55.5 Å². The van der Waals surface area contributed by atoms with E-state index >= 15 is 0 Å². The Hall–Kier alpha value is -1.06. The van der Waals surface area contributed by atoms with E-state index in [9.17, 15) is 5.11 Å². The molecule has 0 aromatic heterocycles. The van der Waals surface area contributed by atoms with Crippen LogP contribution in [0.1, 0.15) is 31.2 Å². The molecule has 1 saturated carbocycles. The third-order valence-electron chi connectivity index (χ3n) is 3.17. The second kappa shape index (κ2) is 4.85. The van der Waals surface area contributed by atoms with Crippen LogP contribution >= 0.6 is 0 Å². The number of benzene rings is 1. The van der Waals surface area contributed by atoms with Crippen LogP contribution in [0.3, 0.4) is 0 Å². The van der Waals surface area contributed by atoms with E-state index in [1.54, 1.807) is 12.1 Å². The average Bonchev–Trinajstić information content (AvgIpc) is 2.65. The van der Waals surface area contributed by atoms with Gasteiger partial charge in [0.15, 0.2) is 0 Å². The molecule has 0 spiro atoms. The minimum atomic E-state index is -0.114. The van der Waals surface area contributed by atoms with Gasteiger partial charge in [-0.05, 0) is 30.5 Å². The molecule has 1 aromatic rings. The van der Waals surface area contributed by atoms with Gasteiger partial charge in [0.1, 0.15) is 5.75 Å². The van der Waals surface area contributed by atoms with Crippen molar-refractivity contribution < 1.29 is 9.84 Å². The van der Waals surface area contributed by atoms with Gasteiger partial charge in [-0.3, -0.25) is 0 Å². The third-order valence-corrected chi connectivity index (χ3v) is 3.17. The summed E-state index contributed by atoms with van der Waals surface area (Å²) >= 11 is 0. The molecule has 3 nitrogen and oxygen atoms in total. The number of nitrogens with two attached hydrogens (primary N) is 1. The highest BCUT2D eigenvalue weighted by molar-refractivity contribution is 5.26. The molecule has 0 unspecified atom stereocenters. The Morgan fingerprint density at radius 1 is 1.31 bits per heavy atom. The van der Waals surface area contributed by atoms with E-state index in [4.69, 9.17) is 10.5 Å². The second-order valence-corrected chi connectivity index (χ2v) is 4.73. The Morgan fingerprint density at radius 3 is 2.75 bits per heavy atom. The van der Waals surface area contributed by atoms with Crippen molar-refractivity contribution in [2.45, 2.75) is 37.8 Å². The van der Waals surface area contributed by atoms with E-state index in [1.807, 2.05) is 12.1 Å². The summed E-state index contributed by atoms with van der Waals surface area (Å²) in [6, 6.07) is 7.14. The highest BCUT2D eigenvalue weighted by Gasteiger charge is 2.29. The van der Waals surface area contributed by atoms with Crippen molar-refractivity contribution in [2.75, 3.05) is 6.61 Å². The van der Waals surface area contributed by atoms with Gasteiger partial charge in [-0.15, -0.1) is 0 Å². The van der Waals surface area contributed by atoms with Gasteiger partial charge in [0.2, 0.25) is 0 Å². The zero-order chi connectivity index (χ0) is 11.4. The Balaban J connectivity index is 1.79. The Kier molecular flexibility index (Phi) is 3.46. The molecule has 1 aromatic carbocycles. The molecule has 1 aliphatic rings. The van der Waals surface area contributed by atoms with Crippen molar-refractivity contribution >= 4 is 0 Å². The summed E-state index contributed by atoms with van der Waals surface area (Å²) in [7, 11) is 0. The lowest BCUT2D eigenvalue weighted by molar-refractivity contribution is 0.0750. The molecule has 0 amide bonds. The lowest BCUT2D eigenvalue weighted by Gasteiger charge is -2.23. The monoisotopic (exact) mass is 221 g/mol. The van der Waals surface area contributed by atoms with Gasteiger partial charge in [-0.2, -0.15) is 0 Å². The number of ether oxygens (including phenoxy) is 1. The van der Waals surface area contributed by atoms with E-state index in [0.29, 0.717) is 13.2 Å². The molecule has 0 aliphatic heterocycles. The van der Waals surface area contributed by atoms with Gasteiger partial charge < -0.3 is 15.6 Å². The van der Waals surface area contributed by atoms with Gasteiger partial charge in [-0.25, -0.2) is 0 Å². The van der Waals surface area contributed by atoms with Crippen molar-refractivity contribution in [2.24, 2.45) is 5.73 Å². The third kappa shape index (κ3) is 2.97. The highest BCUT2D eigenvalue weighted by Crippen LogP contribution is 2.27. The van der Waals surface area contributed by atoms with E-state index in [2.05, 4.69) is 0 Å². The van der Waals surface area contributed by atoms with E-state index < -0.39 is 0 Å². The SMILES string of the molecule is NC1(COCc2cccc(O)c2)CCCC1. The average molecular weight is 221 g/mol. The number of phenols is 1. The first kappa shape index (κ1) is 11.4. The molecule has 0 radical (unpaired) electrons. The molecule has 16 heavy (non-hydrogen) atoms. The molecule has 1 fully saturated rings. The van der Waals surface area contributed by atoms with E-state index in [-0.39, 0.29) is 11.3 Å². The molecule has 3 N–H and O–H groups in total. The van der Waals surface area contributed by atoms with Gasteiger partial charge in [0.05, 0.1) is 13.2 Å². The van der Waals surface area contributed by atoms with Crippen LogP contribution in [-0.4, -0.2) is 17.3 Å². The first-order valence-corrected chi connectivity index (χ1v) is 5.83. The summed E-state index contributed by atoms with van der Waals surface area (Å²) in [6.45, 7) is 1.13. The zero-order valence-electron chi connectivity index (χ0n) is 9.48. The van der Waals surface area contributed by atoms with E-state index in [0.717, 1.165) is 18.4 Å². The molecule has 1 aliphatic carbocycles. The summed E-state index contributed by atoms with van der Waals surface area (Å²) in [5.41, 5.74) is 7.05. The summed E-state index contributed by atoms with van der Waals surface area (Å²) in [4.78, 5) is 0. The maximum absolute atomic E-state index is 9.29. The molecule has 0 bridgehead atoms. The minimum Gasteiger partial charge on any atom is -0.508 e. The van der Waals surface area contributed by atoms with Crippen LogP contribution in [0.5, 0.6) is 5.75 Å². The van der Waals surface area contributed by atoms with Gasteiger partial charge >= 0.3 is 0 Å². The van der Waals surface area contributed by atoms with Crippen LogP contribution < -0.4 is 5.73 Å². The number of hydrogen-bond acceptors (Lipinski definition) is 3. The van der Waals surface area contributed by atoms with Crippen LogP contribution in [-0.2, 0) is 11.3 Å². The molecule has 0 saturated heterocycles. The number of rotatable bonds is 4. The van der Waals surface area contributed by atoms with Crippen molar-refractivity contribution in [1.29, 1.82) is 0 Å². The molecular weight excluding hydrogens is 202 g/mol. The fourth-order valence-corrected chi connectivity index (χ4v) is 2.24. The van der Waals surface area contributed by atoms with Crippen LogP contribution in [0.15, 0.2) is 24.3 Å². The highest BCUT2D eigenvalue weighted by atomic mass is 16.5. The fourth-order valence-electron chi connectivity index (χ4n) is 2.24. The number of phenolic OH excluding ortho intramolecular Hbond substituents is 1. The molecule has 2 rings (SSSR count). The van der Waals surface area contributed by atoms with E-state index in [1.165, 1.54) is 12.8 Å². The lowest BCUT2D eigenvalue weighted by Crippen LogP contribution is -2.41. The molecular formula is C13H19NO2. The van der Waals surface area contributed by atoms with Crippen molar-refractivity contribution in [3.8, 4) is 5.75 Å². The van der Waals surface area contributed by atoms with Crippen LogP contribution in [0.25, 0.3) is 0 Å². The Morgan fingerprint density at radius 2 is 2.06 bits per heavy atom. The molecule has 3 heteroatoms. The van der Waals surface area contributed by atoms with Crippen LogP contribution in [0.4, 0.5) is 0 Å². The van der Waals surface area contributed by atoms with Gasteiger partial charge in [0, 0.05) is 5.54 Å². The van der Waals surface area contributed by atoms with Crippen LogP contribution in [0, 0.1) is 0 Å². The largest absolute Gasteiger partial charge is 0.508 e. The van der Waals surface area contributed by atoms with Crippen molar-refractivity contribution in [1.82, 2.24) is 0 Å².